The molecule has 3 nitrogen and oxygen atoms in total. The zero-order valence-corrected chi connectivity index (χ0v) is 5.99. The lowest BCUT2D eigenvalue weighted by molar-refractivity contribution is 0.740. The lowest BCUT2D eigenvalue weighted by atomic mass is 10.3. The van der Waals surface area contributed by atoms with Crippen molar-refractivity contribution < 1.29 is 0 Å². The number of nitrogens with two attached hydrogens (primary N) is 1. The van der Waals surface area contributed by atoms with Crippen LogP contribution in [0.5, 0.6) is 0 Å². The summed E-state index contributed by atoms with van der Waals surface area (Å²) < 4.78 is 1.82. The van der Waals surface area contributed by atoms with Gasteiger partial charge >= 0.3 is 0 Å². The van der Waals surface area contributed by atoms with E-state index in [0.717, 1.165) is 12.1 Å². The molecule has 0 spiro atoms. The molecule has 0 bridgehead atoms. The molecule has 2 N–H and O–H groups in total. The van der Waals surface area contributed by atoms with Crippen LogP contribution in [0.25, 0.3) is 0 Å². The van der Waals surface area contributed by atoms with Crippen molar-refractivity contribution in [2.24, 2.45) is 12.8 Å². The molecule has 3 heteroatoms. The molecule has 0 aromatic carbocycles. The molecule has 2 atom stereocenters. The Morgan fingerprint density at radius 3 is 2.90 bits per heavy atom. The third-order valence-corrected chi connectivity index (χ3v) is 1.95. The molecule has 1 fully saturated rings. The Labute approximate surface area is 59.8 Å². The summed E-state index contributed by atoms with van der Waals surface area (Å²) in [6, 6.07) is 2.41. The van der Waals surface area contributed by atoms with Crippen LogP contribution < -0.4 is 5.73 Å². The van der Waals surface area contributed by atoms with Crippen molar-refractivity contribution in [3.8, 4) is 0 Å². The first-order valence-electron chi connectivity index (χ1n) is 3.52. The maximum absolute atomic E-state index is 5.66. The second kappa shape index (κ2) is 1.83. The smallest absolute Gasteiger partial charge is 0.0671 e. The second-order valence-electron chi connectivity index (χ2n) is 2.92. The summed E-state index contributed by atoms with van der Waals surface area (Å²) in [6.45, 7) is 0. The fourth-order valence-electron chi connectivity index (χ4n) is 1.19. The minimum atomic E-state index is 0.370. The van der Waals surface area contributed by atoms with E-state index < -0.39 is 0 Å². The maximum Gasteiger partial charge on any atom is 0.0671 e. The number of nitrogens with zero attached hydrogens (tertiary/aromatic N) is 2. The number of hydrogen-bond donors (Lipinski definition) is 1. The van der Waals surface area contributed by atoms with Gasteiger partial charge in [-0.1, -0.05) is 0 Å². The van der Waals surface area contributed by atoms with Crippen LogP contribution in [0.1, 0.15) is 18.0 Å². The molecule has 10 heavy (non-hydrogen) atoms. The SMILES string of the molecule is Cn1ccc([C@@H]2C[C@H]2N)n1. The predicted octanol–water partition coefficient (Wildman–Crippen LogP) is 0.235. The molecule has 1 aliphatic carbocycles. The minimum absolute atomic E-state index is 0.370. The highest BCUT2D eigenvalue weighted by Crippen LogP contribution is 2.37. The monoisotopic (exact) mass is 137 g/mol. The van der Waals surface area contributed by atoms with E-state index in [-0.39, 0.29) is 0 Å². The molecule has 2 rings (SSSR count). The highest BCUT2D eigenvalue weighted by atomic mass is 15.3. The van der Waals surface area contributed by atoms with Gasteiger partial charge in [-0.05, 0) is 12.5 Å². The van der Waals surface area contributed by atoms with Crippen LogP contribution in [-0.2, 0) is 7.05 Å². The standard InChI is InChI=1S/C7H11N3/c1-10-3-2-7(9-10)5-4-6(5)8/h2-3,5-6H,4,8H2,1H3/t5-,6-/m1/s1. The number of rotatable bonds is 1. The highest BCUT2D eigenvalue weighted by molar-refractivity contribution is 5.18. The average molecular weight is 137 g/mol. The zero-order chi connectivity index (χ0) is 7.14. The van der Waals surface area contributed by atoms with E-state index in [9.17, 15) is 0 Å². The van der Waals surface area contributed by atoms with Gasteiger partial charge < -0.3 is 5.73 Å². The van der Waals surface area contributed by atoms with Gasteiger partial charge in [0.15, 0.2) is 0 Å². The van der Waals surface area contributed by atoms with Gasteiger partial charge in [-0.2, -0.15) is 5.10 Å². The maximum atomic E-state index is 5.66. The highest BCUT2D eigenvalue weighted by Gasteiger charge is 2.36. The Morgan fingerprint density at radius 2 is 2.50 bits per heavy atom. The molecule has 0 aliphatic heterocycles. The van der Waals surface area contributed by atoms with E-state index in [1.54, 1.807) is 0 Å². The van der Waals surface area contributed by atoms with Crippen LogP contribution in [0.15, 0.2) is 12.3 Å². The lowest BCUT2D eigenvalue weighted by Gasteiger charge is -1.88. The Balaban J connectivity index is 2.20. The van der Waals surface area contributed by atoms with Crippen LogP contribution in [0.2, 0.25) is 0 Å². The summed E-state index contributed by atoms with van der Waals surface area (Å²) in [5, 5.41) is 4.26. The molecule has 1 heterocycles. The Bertz CT molecular complexity index is 241. The summed E-state index contributed by atoms with van der Waals surface area (Å²) in [5.41, 5.74) is 6.81. The molecule has 54 valence electrons. The topological polar surface area (TPSA) is 43.8 Å². The first kappa shape index (κ1) is 5.92. The Kier molecular flexibility index (Phi) is 1.08. The van der Waals surface area contributed by atoms with Crippen molar-refractivity contribution in [3.05, 3.63) is 18.0 Å². The van der Waals surface area contributed by atoms with Crippen LogP contribution in [-0.4, -0.2) is 15.8 Å². The van der Waals surface area contributed by atoms with Crippen molar-refractivity contribution in [2.75, 3.05) is 0 Å². The zero-order valence-electron chi connectivity index (χ0n) is 5.99. The first-order valence-corrected chi connectivity index (χ1v) is 3.52. The van der Waals surface area contributed by atoms with Gasteiger partial charge in [0.2, 0.25) is 0 Å². The van der Waals surface area contributed by atoms with E-state index in [2.05, 4.69) is 5.10 Å². The van der Waals surface area contributed by atoms with Crippen molar-refractivity contribution in [2.45, 2.75) is 18.4 Å². The van der Waals surface area contributed by atoms with Gasteiger partial charge in [0, 0.05) is 25.2 Å². The fraction of sp³-hybridized carbons (Fsp3) is 0.571. The molecule has 1 aromatic heterocycles. The molecule has 0 radical (unpaired) electrons. The number of aryl methyl sites for hydroxylation is 1. The van der Waals surface area contributed by atoms with Gasteiger partial charge in [-0.25, -0.2) is 0 Å². The summed E-state index contributed by atoms with van der Waals surface area (Å²) in [5.74, 6) is 0.543. The number of hydrogen-bond acceptors (Lipinski definition) is 2. The molecule has 1 saturated carbocycles. The predicted molar refractivity (Wildman–Crippen MR) is 38.5 cm³/mol. The largest absolute Gasteiger partial charge is 0.327 e. The van der Waals surface area contributed by atoms with E-state index in [0.29, 0.717) is 12.0 Å². The summed E-state index contributed by atoms with van der Waals surface area (Å²) in [7, 11) is 1.93. The fourth-order valence-corrected chi connectivity index (χ4v) is 1.19. The molecular formula is C7H11N3. The van der Waals surface area contributed by atoms with Gasteiger partial charge in [0.25, 0.3) is 0 Å². The molecule has 0 unspecified atom stereocenters. The third kappa shape index (κ3) is 0.827. The van der Waals surface area contributed by atoms with Gasteiger partial charge in [-0.15, -0.1) is 0 Å². The quantitative estimate of drug-likeness (QED) is 0.602. The van der Waals surface area contributed by atoms with Crippen LogP contribution in [0.4, 0.5) is 0 Å². The van der Waals surface area contributed by atoms with Crippen molar-refractivity contribution in [3.63, 3.8) is 0 Å². The van der Waals surface area contributed by atoms with Crippen LogP contribution >= 0.6 is 0 Å². The van der Waals surface area contributed by atoms with E-state index in [1.807, 2.05) is 24.0 Å². The second-order valence-corrected chi connectivity index (χ2v) is 2.92. The molecule has 1 aliphatic rings. The summed E-state index contributed by atoms with van der Waals surface area (Å²) in [4.78, 5) is 0. The van der Waals surface area contributed by atoms with Gasteiger partial charge in [0.05, 0.1) is 5.69 Å². The Hall–Kier alpha value is -0.830. The average Bonchev–Trinajstić information content (AvgIpc) is 2.42. The molecule has 0 saturated heterocycles. The van der Waals surface area contributed by atoms with Crippen molar-refractivity contribution >= 4 is 0 Å². The molecule has 1 aromatic rings. The molecule has 0 amide bonds. The van der Waals surface area contributed by atoms with Crippen LogP contribution in [0, 0.1) is 0 Å². The van der Waals surface area contributed by atoms with E-state index in [4.69, 9.17) is 5.73 Å². The van der Waals surface area contributed by atoms with Crippen LogP contribution in [0.3, 0.4) is 0 Å². The lowest BCUT2D eigenvalue weighted by Crippen LogP contribution is -2.01. The molecular weight excluding hydrogens is 126 g/mol. The van der Waals surface area contributed by atoms with E-state index >= 15 is 0 Å². The minimum Gasteiger partial charge on any atom is -0.327 e. The van der Waals surface area contributed by atoms with Gasteiger partial charge in [-0.3, -0.25) is 4.68 Å². The Morgan fingerprint density at radius 1 is 1.80 bits per heavy atom. The van der Waals surface area contributed by atoms with Crippen molar-refractivity contribution in [1.82, 2.24) is 9.78 Å². The first-order chi connectivity index (χ1) is 4.77. The summed E-state index contributed by atoms with van der Waals surface area (Å²) >= 11 is 0. The third-order valence-electron chi connectivity index (χ3n) is 1.95. The normalized spacial score (nSPS) is 30.6. The van der Waals surface area contributed by atoms with Gasteiger partial charge in [0.1, 0.15) is 0 Å². The number of aromatic nitrogens is 2. The summed E-state index contributed by atoms with van der Waals surface area (Å²) in [6.07, 6.45) is 3.07. The van der Waals surface area contributed by atoms with E-state index in [1.165, 1.54) is 0 Å². The van der Waals surface area contributed by atoms with Crippen molar-refractivity contribution in [1.29, 1.82) is 0 Å².